The fraction of sp³-hybridized carbons (Fsp3) is 0.292. The van der Waals surface area contributed by atoms with Crippen molar-refractivity contribution in [2.24, 2.45) is 0 Å². The molecule has 0 aliphatic carbocycles. The number of rotatable bonds is 6. The highest BCUT2D eigenvalue weighted by molar-refractivity contribution is 6.45. The molecule has 11 heteroatoms. The molecule has 0 unspecified atom stereocenters. The Morgan fingerprint density at radius 2 is 1.66 bits per heavy atom. The summed E-state index contributed by atoms with van der Waals surface area (Å²) < 4.78 is 40.5. The summed E-state index contributed by atoms with van der Waals surface area (Å²) in [6.45, 7) is 3.19. The van der Waals surface area contributed by atoms with E-state index in [9.17, 15) is 27.6 Å². The second-order valence-corrected chi connectivity index (χ2v) is 8.19. The van der Waals surface area contributed by atoms with Crippen LogP contribution in [0.2, 0.25) is 0 Å². The van der Waals surface area contributed by atoms with Gasteiger partial charge in [-0.25, -0.2) is 0 Å². The average Bonchev–Trinajstić information content (AvgIpc) is 3.14. The number of carbonyl (C=O) groups excluding carboxylic acids is 3. The van der Waals surface area contributed by atoms with E-state index < -0.39 is 18.1 Å². The number of ether oxygens (including phenoxy) is 1. The molecule has 0 saturated carbocycles. The highest BCUT2D eigenvalue weighted by Crippen LogP contribution is 2.25. The molecule has 1 aliphatic rings. The lowest BCUT2D eigenvalue weighted by molar-refractivity contribution is -0.274. The molecule has 4 rings (SSSR count). The van der Waals surface area contributed by atoms with Crippen molar-refractivity contribution in [3.05, 3.63) is 59.8 Å². The SMILES string of the molecule is Cc1[nH]c2ccccc2c1C(=O)C(=O)N1CCN(CC(=O)Nc2ccc(OC(F)(F)F)cc2)CC1. The molecule has 1 aliphatic heterocycles. The molecule has 2 heterocycles. The van der Waals surface area contributed by atoms with E-state index in [1.807, 2.05) is 23.1 Å². The lowest BCUT2D eigenvalue weighted by Crippen LogP contribution is -2.52. The van der Waals surface area contributed by atoms with E-state index in [0.29, 0.717) is 48.5 Å². The van der Waals surface area contributed by atoms with Crippen LogP contribution in [-0.2, 0) is 9.59 Å². The summed E-state index contributed by atoms with van der Waals surface area (Å²) in [6.07, 6.45) is -4.78. The van der Waals surface area contributed by atoms with Gasteiger partial charge in [-0.05, 0) is 37.3 Å². The molecule has 2 N–H and O–H groups in total. The van der Waals surface area contributed by atoms with E-state index in [2.05, 4.69) is 15.0 Å². The molecule has 0 spiro atoms. The summed E-state index contributed by atoms with van der Waals surface area (Å²) in [5.74, 6) is -1.87. The number of piperazine rings is 1. The molecule has 35 heavy (non-hydrogen) atoms. The number of aromatic nitrogens is 1. The molecule has 0 radical (unpaired) electrons. The molecule has 1 aromatic heterocycles. The normalized spacial score (nSPS) is 14.7. The van der Waals surface area contributed by atoms with Gasteiger partial charge in [0.05, 0.1) is 12.1 Å². The maximum absolute atomic E-state index is 12.9. The van der Waals surface area contributed by atoms with E-state index in [0.717, 1.165) is 17.6 Å². The standard InChI is InChI=1S/C24H23F3N4O4/c1-15-21(18-4-2-3-5-19(18)28-15)22(33)23(34)31-12-10-30(11-13-31)14-20(32)29-16-6-8-17(9-7-16)35-24(25,26)27/h2-9,28H,10-14H2,1H3,(H,29,32). The molecule has 0 atom stereocenters. The zero-order valence-corrected chi connectivity index (χ0v) is 18.8. The third kappa shape index (κ3) is 5.80. The van der Waals surface area contributed by atoms with Crippen molar-refractivity contribution in [2.45, 2.75) is 13.3 Å². The van der Waals surface area contributed by atoms with Gasteiger partial charge in [-0.2, -0.15) is 0 Å². The van der Waals surface area contributed by atoms with Crippen molar-refractivity contribution in [1.82, 2.24) is 14.8 Å². The van der Waals surface area contributed by atoms with Crippen molar-refractivity contribution >= 4 is 34.2 Å². The van der Waals surface area contributed by atoms with Gasteiger partial charge < -0.3 is 19.9 Å². The van der Waals surface area contributed by atoms with E-state index in [-0.39, 0.29) is 18.2 Å². The number of halogens is 3. The topological polar surface area (TPSA) is 94.7 Å². The predicted molar refractivity (Wildman–Crippen MR) is 122 cm³/mol. The number of benzene rings is 2. The largest absolute Gasteiger partial charge is 0.573 e. The molecule has 8 nitrogen and oxygen atoms in total. The van der Waals surface area contributed by atoms with Crippen LogP contribution in [0.5, 0.6) is 5.75 Å². The Morgan fingerprint density at radius 3 is 2.31 bits per heavy atom. The molecule has 1 fully saturated rings. The number of para-hydroxylation sites is 1. The minimum atomic E-state index is -4.78. The molecule has 3 aromatic rings. The fourth-order valence-corrected chi connectivity index (χ4v) is 4.07. The third-order valence-corrected chi connectivity index (χ3v) is 5.71. The minimum Gasteiger partial charge on any atom is -0.406 e. The van der Waals surface area contributed by atoms with E-state index in [1.165, 1.54) is 17.0 Å². The number of hydrogen-bond acceptors (Lipinski definition) is 5. The van der Waals surface area contributed by atoms with E-state index in [4.69, 9.17) is 0 Å². The summed E-state index contributed by atoms with van der Waals surface area (Å²) >= 11 is 0. The number of anilines is 1. The van der Waals surface area contributed by atoms with Gasteiger partial charge in [-0.1, -0.05) is 18.2 Å². The van der Waals surface area contributed by atoms with Crippen LogP contribution in [0.4, 0.5) is 18.9 Å². The van der Waals surface area contributed by atoms with Gasteiger partial charge in [0.25, 0.3) is 11.7 Å². The number of ketones is 1. The van der Waals surface area contributed by atoms with Crippen LogP contribution in [0.1, 0.15) is 16.1 Å². The number of carbonyl (C=O) groups is 3. The van der Waals surface area contributed by atoms with Gasteiger partial charge >= 0.3 is 6.36 Å². The van der Waals surface area contributed by atoms with Gasteiger partial charge in [0.2, 0.25) is 5.91 Å². The van der Waals surface area contributed by atoms with Crippen LogP contribution in [-0.4, -0.2) is 71.5 Å². The van der Waals surface area contributed by atoms with Crippen LogP contribution in [0.25, 0.3) is 10.9 Å². The third-order valence-electron chi connectivity index (χ3n) is 5.71. The summed E-state index contributed by atoms with van der Waals surface area (Å²) in [7, 11) is 0. The van der Waals surface area contributed by atoms with E-state index >= 15 is 0 Å². The Bertz CT molecular complexity index is 1250. The van der Waals surface area contributed by atoms with Gasteiger partial charge in [0.1, 0.15) is 5.75 Å². The number of hydrogen-bond donors (Lipinski definition) is 2. The molecular formula is C24H23F3N4O4. The number of aryl methyl sites for hydroxylation is 1. The molecule has 0 bridgehead atoms. The predicted octanol–water partition coefficient (Wildman–Crippen LogP) is 3.34. The summed E-state index contributed by atoms with van der Waals surface area (Å²) in [4.78, 5) is 44.6. The number of alkyl halides is 3. The lowest BCUT2D eigenvalue weighted by Gasteiger charge is -2.33. The first-order valence-corrected chi connectivity index (χ1v) is 10.9. The quantitative estimate of drug-likeness (QED) is 0.410. The maximum Gasteiger partial charge on any atom is 0.573 e. The van der Waals surface area contributed by atoms with Crippen molar-refractivity contribution in [1.29, 1.82) is 0 Å². The number of aromatic amines is 1. The second kappa shape index (κ2) is 9.79. The van der Waals surface area contributed by atoms with Crippen molar-refractivity contribution in [3.8, 4) is 5.75 Å². The van der Waals surface area contributed by atoms with Gasteiger partial charge in [-0.3, -0.25) is 19.3 Å². The Hall–Kier alpha value is -3.86. The highest BCUT2D eigenvalue weighted by atomic mass is 19.4. The summed E-state index contributed by atoms with van der Waals surface area (Å²) in [6, 6.07) is 12.2. The Balaban J connectivity index is 1.28. The first kappa shape index (κ1) is 24.3. The lowest BCUT2D eigenvalue weighted by atomic mass is 10.1. The minimum absolute atomic E-state index is 0.0400. The molecular weight excluding hydrogens is 465 g/mol. The number of nitrogens with one attached hydrogen (secondary N) is 2. The first-order chi connectivity index (χ1) is 16.6. The smallest absolute Gasteiger partial charge is 0.406 e. The Labute approximate surface area is 198 Å². The second-order valence-electron chi connectivity index (χ2n) is 8.19. The number of amides is 2. The number of Topliss-reactive ketones (excluding diaryl/α,β-unsaturated/α-hetero) is 1. The molecule has 2 amide bonds. The van der Waals surface area contributed by atoms with Crippen LogP contribution < -0.4 is 10.1 Å². The van der Waals surface area contributed by atoms with Crippen LogP contribution in [0.15, 0.2) is 48.5 Å². The van der Waals surface area contributed by atoms with Crippen molar-refractivity contribution < 1.29 is 32.3 Å². The summed E-state index contributed by atoms with van der Waals surface area (Å²) in [5.41, 5.74) is 2.13. The van der Waals surface area contributed by atoms with Crippen molar-refractivity contribution in [2.75, 3.05) is 38.0 Å². The van der Waals surface area contributed by atoms with E-state index in [1.54, 1.807) is 13.0 Å². The average molecular weight is 488 g/mol. The van der Waals surface area contributed by atoms with Crippen molar-refractivity contribution in [3.63, 3.8) is 0 Å². The van der Waals surface area contributed by atoms with Gasteiger partial charge in [0, 0.05) is 48.5 Å². The maximum atomic E-state index is 12.9. The molecule has 184 valence electrons. The Morgan fingerprint density at radius 1 is 1.00 bits per heavy atom. The first-order valence-electron chi connectivity index (χ1n) is 10.9. The fourth-order valence-electron chi connectivity index (χ4n) is 4.07. The zero-order chi connectivity index (χ0) is 25.2. The van der Waals surface area contributed by atoms with Crippen LogP contribution in [0, 0.1) is 6.92 Å². The van der Waals surface area contributed by atoms with Crippen LogP contribution >= 0.6 is 0 Å². The number of H-pyrrole nitrogens is 1. The van der Waals surface area contributed by atoms with Gasteiger partial charge in [0.15, 0.2) is 0 Å². The summed E-state index contributed by atoms with van der Waals surface area (Å²) in [5, 5.41) is 3.32. The van der Waals surface area contributed by atoms with Crippen LogP contribution in [0.3, 0.4) is 0 Å². The number of fused-ring (bicyclic) bond motifs is 1. The number of nitrogens with zero attached hydrogens (tertiary/aromatic N) is 2. The monoisotopic (exact) mass is 488 g/mol. The molecule has 2 aromatic carbocycles. The zero-order valence-electron chi connectivity index (χ0n) is 18.8. The Kier molecular flexibility index (Phi) is 6.79. The molecule has 1 saturated heterocycles. The highest BCUT2D eigenvalue weighted by Gasteiger charge is 2.31. The van der Waals surface area contributed by atoms with Gasteiger partial charge in [-0.15, -0.1) is 13.2 Å².